The lowest BCUT2D eigenvalue weighted by atomic mass is 9.91. The highest BCUT2D eigenvalue weighted by Crippen LogP contribution is 2.32. The zero-order chi connectivity index (χ0) is 14.6. The summed E-state index contributed by atoms with van der Waals surface area (Å²) >= 11 is 0. The molecule has 0 amide bonds. The van der Waals surface area contributed by atoms with Crippen LogP contribution in [0, 0.1) is 20.8 Å². The fourth-order valence-corrected chi connectivity index (χ4v) is 2.61. The Morgan fingerprint density at radius 1 is 1.21 bits per heavy atom. The van der Waals surface area contributed by atoms with Crippen molar-refractivity contribution in [2.24, 2.45) is 0 Å². The first-order chi connectivity index (χ1) is 8.93. The predicted molar refractivity (Wildman–Crippen MR) is 82.2 cm³/mol. The van der Waals surface area contributed by atoms with Gasteiger partial charge in [0.05, 0.1) is 7.11 Å². The molecule has 3 nitrogen and oxygen atoms in total. The van der Waals surface area contributed by atoms with Crippen molar-refractivity contribution >= 4 is 0 Å². The van der Waals surface area contributed by atoms with E-state index in [1.807, 2.05) is 0 Å². The van der Waals surface area contributed by atoms with Gasteiger partial charge in [-0.1, -0.05) is 6.92 Å². The summed E-state index contributed by atoms with van der Waals surface area (Å²) in [5, 5.41) is 3.46. The van der Waals surface area contributed by atoms with Crippen LogP contribution in [0.5, 0.6) is 5.75 Å². The van der Waals surface area contributed by atoms with E-state index in [0.29, 0.717) is 6.04 Å². The highest BCUT2D eigenvalue weighted by atomic mass is 16.5. The summed E-state index contributed by atoms with van der Waals surface area (Å²) in [5.41, 5.74) is 5.31. The Kier molecular flexibility index (Phi) is 5.83. The topological polar surface area (TPSA) is 24.5 Å². The molecule has 108 valence electrons. The second-order valence-corrected chi connectivity index (χ2v) is 5.35. The van der Waals surface area contributed by atoms with E-state index in [1.165, 1.54) is 22.3 Å². The fraction of sp³-hybridized carbons (Fsp3) is 0.625. The van der Waals surface area contributed by atoms with Crippen molar-refractivity contribution in [2.75, 3.05) is 34.3 Å². The largest absolute Gasteiger partial charge is 0.496 e. The Hall–Kier alpha value is -1.06. The number of rotatable bonds is 6. The van der Waals surface area contributed by atoms with Gasteiger partial charge in [0.2, 0.25) is 0 Å². The van der Waals surface area contributed by atoms with Gasteiger partial charge in [-0.15, -0.1) is 0 Å². The van der Waals surface area contributed by atoms with E-state index in [9.17, 15) is 0 Å². The van der Waals surface area contributed by atoms with Crippen LogP contribution in [0.25, 0.3) is 0 Å². The molecule has 3 heteroatoms. The van der Waals surface area contributed by atoms with Gasteiger partial charge in [0, 0.05) is 12.6 Å². The molecule has 0 aromatic heterocycles. The molecule has 1 N–H and O–H groups in total. The molecule has 0 fully saturated rings. The van der Waals surface area contributed by atoms with Gasteiger partial charge < -0.3 is 15.0 Å². The lowest BCUT2D eigenvalue weighted by Gasteiger charge is -2.29. The molecule has 0 aliphatic carbocycles. The molecule has 0 spiro atoms. The molecule has 0 radical (unpaired) electrons. The first kappa shape index (κ1) is 16.0. The molecule has 0 saturated carbocycles. The van der Waals surface area contributed by atoms with E-state index in [2.05, 4.69) is 58.1 Å². The molecule has 0 aliphatic heterocycles. The maximum absolute atomic E-state index is 5.45. The second-order valence-electron chi connectivity index (χ2n) is 5.35. The quantitative estimate of drug-likeness (QED) is 0.855. The average molecular weight is 264 g/mol. The Balaban J connectivity index is 3.26. The number of methoxy groups -OCH3 is 1. The maximum Gasteiger partial charge on any atom is 0.122 e. The molecule has 1 aromatic rings. The summed E-state index contributed by atoms with van der Waals surface area (Å²) in [4.78, 5) is 2.28. The van der Waals surface area contributed by atoms with Crippen LogP contribution in [-0.2, 0) is 0 Å². The highest BCUT2D eigenvalue weighted by molar-refractivity contribution is 5.49. The predicted octanol–water partition coefficient (Wildman–Crippen LogP) is 2.83. The van der Waals surface area contributed by atoms with Crippen LogP contribution in [0.4, 0.5) is 0 Å². The first-order valence-corrected chi connectivity index (χ1v) is 6.95. The van der Waals surface area contributed by atoms with Crippen LogP contribution < -0.4 is 10.1 Å². The first-order valence-electron chi connectivity index (χ1n) is 6.95. The van der Waals surface area contributed by atoms with Gasteiger partial charge in [-0.3, -0.25) is 0 Å². The number of hydrogen-bond acceptors (Lipinski definition) is 3. The standard InChI is InChI=1S/C16H28N2O/c1-8-17-10-14(18(5)6)16-11(2)9-15(19-7)12(3)13(16)4/h9,14,17H,8,10H2,1-7H3. The van der Waals surface area contributed by atoms with E-state index < -0.39 is 0 Å². The summed E-state index contributed by atoms with van der Waals surface area (Å²) in [6, 6.07) is 2.55. The monoisotopic (exact) mass is 264 g/mol. The van der Waals surface area contributed by atoms with Crippen LogP contribution in [0.2, 0.25) is 0 Å². The Bertz CT molecular complexity index is 427. The van der Waals surface area contributed by atoms with Gasteiger partial charge in [-0.05, 0) is 69.7 Å². The van der Waals surface area contributed by atoms with Crippen molar-refractivity contribution in [2.45, 2.75) is 33.7 Å². The van der Waals surface area contributed by atoms with Crippen LogP contribution in [0.1, 0.15) is 35.2 Å². The molecule has 1 rings (SSSR count). The number of likely N-dealkylation sites (N-methyl/N-ethyl adjacent to an activating group) is 2. The van der Waals surface area contributed by atoms with E-state index in [4.69, 9.17) is 4.74 Å². The van der Waals surface area contributed by atoms with Crippen LogP contribution in [0.15, 0.2) is 6.07 Å². The van der Waals surface area contributed by atoms with Gasteiger partial charge in [-0.2, -0.15) is 0 Å². The summed E-state index contributed by atoms with van der Waals surface area (Å²) in [5.74, 6) is 0.986. The van der Waals surface area contributed by atoms with Crippen LogP contribution in [-0.4, -0.2) is 39.2 Å². The molecule has 1 unspecified atom stereocenters. The van der Waals surface area contributed by atoms with E-state index in [1.54, 1.807) is 7.11 Å². The smallest absolute Gasteiger partial charge is 0.122 e. The molecule has 1 aromatic carbocycles. The maximum atomic E-state index is 5.45. The minimum Gasteiger partial charge on any atom is -0.496 e. The van der Waals surface area contributed by atoms with Gasteiger partial charge >= 0.3 is 0 Å². The zero-order valence-electron chi connectivity index (χ0n) is 13.4. The summed E-state index contributed by atoms with van der Waals surface area (Å²) in [7, 11) is 6.02. The normalized spacial score (nSPS) is 12.8. The highest BCUT2D eigenvalue weighted by Gasteiger charge is 2.20. The molecule has 0 saturated heterocycles. The summed E-state index contributed by atoms with van der Waals surface area (Å²) in [6.45, 7) is 10.6. The van der Waals surface area contributed by atoms with Crippen molar-refractivity contribution in [1.82, 2.24) is 10.2 Å². The van der Waals surface area contributed by atoms with Gasteiger partial charge in [0.15, 0.2) is 0 Å². The van der Waals surface area contributed by atoms with E-state index >= 15 is 0 Å². The minimum atomic E-state index is 0.393. The molecule has 1 atom stereocenters. The van der Waals surface area contributed by atoms with Gasteiger partial charge in [-0.25, -0.2) is 0 Å². The van der Waals surface area contributed by atoms with Gasteiger partial charge in [0.25, 0.3) is 0 Å². The molecule has 0 aliphatic rings. The van der Waals surface area contributed by atoms with Gasteiger partial charge in [0.1, 0.15) is 5.75 Å². The van der Waals surface area contributed by atoms with E-state index in [0.717, 1.165) is 18.8 Å². The molecular weight excluding hydrogens is 236 g/mol. The SMILES string of the molecule is CCNCC(c1c(C)cc(OC)c(C)c1C)N(C)C. The molecule has 0 heterocycles. The number of ether oxygens (including phenoxy) is 1. The van der Waals surface area contributed by atoms with Crippen LogP contribution in [0.3, 0.4) is 0 Å². The molecular formula is C16H28N2O. The van der Waals surface area contributed by atoms with Crippen molar-refractivity contribution in [3.05, 3.63) is 28.3 Å². The third-order valence-corrected chi connectivity index (χ3v) is 3.87. The number of benzene rings is 1. The lowest BCUT2D eigenvalue weighted by molar-refractivity contribution is 0.288. The number of nitrogens with one attached hydrogen (secondary N) is 1. The van der Waals surface area contributed by atoms with Crippen molar-refractivity contribution in [3.8, 4) is 5.75 Å². The molecule has 0 bridgehead atoms. The van der Waals surface area contributed by atoms with Crippen molar-refractivity contribution in [1.29, 1.82) is 0 Å². The van der Waals surface area contributed by atoms with Crippen molar-refractivity contribution < 1.29 is 4.74 Å². The Labute approximate surface area is 118 Å². The number of hydrogen-bond donors (Lipinski definition) is 1. The average Bonchev–Trinajstić information content (AvgIpc) is 2.37. The second kappa shape index (κ2) is 6.92. The summed E-state index contributed by atoms with van der Waals surface area (Å²) < 4.78 is 5.45. The third-order valence-electron chi connectivity index (χ3n) is 3.87. The zero-order valence-corrected chi connectivity index (χ0v) is 13.4. The number of nitrogens with zero attached hydrogens (tertiary/aromatic N) is 1. The Morgan fingerprint density at radius 2 is 1.84 bits per heavy atom. The third kappa shape index (κ3) is 3.48. The summed E-state index contributed by atoms with van der Waals surface area (Å²) in [6.07, 6.45) is 0. The van der Waals surface area contributed by atoms with Crippen LogP contribution >= 0.6 is 0 Å². The fourth-order valence-electron chi connectivity index (χ4n) is 2.61. The minimum absolute atomic E-state index is 0.393. The molecule has 19 heavy (non-hydrogen) atoms. The lowest BCUT2D eigenvalue weighted by Crippen LogP contribution is -2.32. The number of aryl methyl sites for hydroxylation is 1. The van der Waals surface area contributed by atoms with Crippen molar-refractivity contribution in [3.63, 3.8) is 0 Å². The Morgan fingerprint density at radius 3 is 2.32 bits per heavy atom. The van der Waals surface area contributed by atoms with E-state index in [-0.39, 0.29) is 0 Å².